The predicted molar refractivity (Wildman–Crippen MR) is 56.1 cm³/mol. The van der Waals surface area contributed by atoms with E-state index in [0.717, 1.165) is 0 Å². The quantitative estimate of drug-likeness (QED) is 0.659. The Kier molecular flexibility index (Phi) is 5.54. The van der Waals surface area contributed by atoms with Gasteiger partial charge in [-0.05, 0) is 26.7 Å². The minimum atomic E-state index is -5.63. The Morgan fingerprint density at radius 1 is 1.21 bits per heavy atom. The average Bonchev–Trinajstić information content (AvgIpc) is 2.11. The van der Waals surface area contributed by atoms with Crippen molar-refractivity contribution >= 4 is 6.09 Å². The number of rotatable bonds is 6. The second kappa shape index (κ2) is 5.89. The van der Waals surface area contributed by atoms with Crippen molar-refractivity contribution in [2.24, 2.45) is 0 Å². The summed E-state index contributed by atoms with van der Waals surface area (Å²) in [6.45, 7) is 2.46. The van der Waals surface area contributed by atoms with E-state index in [-0.39, 0.29) is 6.42 Å². The van der Waals surface area contributed by atoms with Gasteiger partial charge >= 0.3 is 18.2 Å². The maximum Gasteiger partial charge on any atom is 0.453 e. The molecule has 9 heteroatoms. The largest absolute Gasteiger partial charge is 0.465 e. The lowest BCUT2D eigenvalue weighted by atomic mass is 9.93. The van der Waals surface area contributed by atoms with Gasteiger partial charge in [0.05, 0.1) is 11.6 Å². The van der Waals surface area contributed by atoms with Gasteiger partial charge in [-0.25, -0.2) is 4.79 Å². The van der Waals surface area contributed by atoms with Crippen LogP contribution in [0.25, 0.3) is 0 Å². The highest BCUT2D eigenvalue weighted by atomic mass is 19.4. The summed E-state index contributed by atoms with van der Waals surface area (Å²) in [5.41, 5.74) is -1.56. The summed E-state index contributed by atoms with van der Waals surface area (Å²) < 4.78 is 60.9. The predicted octanol–water partition coefficient (Wildman–Crippen LogP) is 2.76. The van der Waals surface area contributed by atoms with E-state index in [1.54, 1.807) is 0 Å². The first-order valence-corrected chi connectivity index (χ1v) is 5.44. The van der Waals surface area contributed by atoms with Crippen LogP contribution in [0.1, 0.15) is 33.1 Å². The minimum absolute atomic E-state index is 0.332. The molecule has 0 aromatic rings. The SMILES string of the molecule is CC(C)(O)C(CCCC(F)(F)C(F)(F)F)NC(=O)O. The molecule has 1 unspecified atom stereocenters. The zero-order valence-electron chi connectivity index (χ0n) is 10.4. The summed E-state index contributed by atoms with van der Waals surface area (Å²) in [6, 6.07) is -1.13. The molecule has 0 aromatic heterocycles. The zero-order valence-corrected chi connectivity index (χ0v) is 10.4. The van der Waals surface area contributed by atoms with Crippen LogP contribution < -0.4 is 5.32 Å². The van der Waals surface area contributed by atoms with Crippen LogP contribution in [0.5, 0.6) is 0 Å². The maximum absolute atomic E-state index is 12.6. The molecule has 114 valence electrons. The number of nitrogens with one attached hydrogen (secondary N) is 1. The van der Waals surface area contributed by atoms with E-state index in [1.165, 1.54) is 13.8 Å². The Bertz CT molecular complexity index is 311. The van der Waals surface area contributed by atoms with Gasteiger partial charge in [-0.1, -0.05) is 0 Å². The average molecular weight is 293 g/mol. The number of alkyl halides is 5. The number of hydrogen-bond donors (Lipinski definition) is 3. The molecule has 0 bridgehead atoms. The molecule has 0 aliphatic heterocycles. The van der Waals surface area contributed by atoms with E-state index in [9.17, 15) is 31.9 Å². The molecule has 0 aromatic carbocycles. The Balaban J connectivity index is 4.47. The van der Waals surface area contributed by atoms with E-state index in [1.807, 2.05) is 5.32 Å². The topological polar surface area (TPSA) is 69.6 Å². The van der Waals surface area contributed by atoms with Crippen molar-refractivity contribution in [3.63, 3.8) is 0 Å². The number of carbonyl (C=O) groups is 1. The summed E-state index contributed by atoms with van der Waals surface area (Å²) in [5.74, 6) is -4.82. The molecular formula is C10H16F5NO3. The van der Waals surface area contributed by atoms with Crippen molar-refractivity contribution in [2.75, 3.05) is 0 Å². The number of amides is 1. The first-order valence-electron chi connectivity index (χ1n) is 5.44. The normalized spacial score (nSPS) is 15.2. The first-order chi connectivity index (χ1) is 8.27. The lowest BCUT2D eigenvalue weighted by molar-refractivity contribution is -0.284. The summed E-state index contributed by atoms with van der Waals surface area (Å²) in [6.07, 6.45) is -9.49. The van der Waals surface area contributed by atoms with E-state index in [0.29, 0.717) is 0 Å². The molecule has 0 aliphatic rings. The molecule has 0 saturated carbocycles. The third-order valence-electron chi connectivity index (χ3n) is 2.55. The van der Waals surface area contributed by atoms with Gasteiger partial charge in [-0.15, -0.1) is 0 Å². The summed E-state index contributed by atoms with van der Waals surface area (Å²) in [4.78, 5) is 10.4. The monoisotopic (exact) mass is 293 g/mol. The van der Waals surface area contributed by atoms with Gasteiger partial charge in [-0.3, -0.25) is 0 Å². The van der Waals surface area contributed by atoms with Gasteiger partial charge < -0.3 is 15.5 Å². The van der Waals surface area contributed by atoms with Crippen molar-refractivity contribution < 1.29 is 37.0 Å². The summed E-state index contributed by atoms with van der Waals surface area (Å²) in [5, 5.41) is 20.0. The fourth-order valence-electron chi connectivity index (χ4n) is 1.42. The van der Waals surface area contributed by atoms with Crippen LogP contribution in [0.15, 0.2) is 0 Å². The molecular weight excluding hydrogens is 277 g/mol. The zero-order chi connectivity index (χ0) is 15.5. The van der Waals surface area contributed by atoms with Crippen molar-refractivity contribution in [1.29, 1.82) is 0 Å². The highest BCUT2D eigenvalue weighted by Crippen LogP contribution is 2.39. The fraction of sp³-hybridized carbons (Fsp3) is 0.900. The van der Waals surface area contributed by atoms with Crippen molar-refractivity contribution in [1.82, 2.24) is 5.32 Å². The number of hydrogen-bond acceptors (Lipinski definition) is 2. The van der Waals surface area contributed by atoms with Crippen LogP contribution in [-0.2, 0) is 0 Å². The molecule has 19 heavy (non-hydrogen) atoms. The van der Waals surface area contributed by atoms with Gasteiger partial charge in [-0.2, -0.15) is 22.0 Å². The lowest BCUT2D eigenvalue weighted by Crippen LogP contribution is -2.49. The van der Waals surface area contributed by atoms with E-state index < -0.39 is 42.7 Å². The molecule has 1 amide bonds. The van der Waals surface area contributed by atoms with Crippen molar-refractivity contribution in [3.05, 3.63) is 0 Å². The Morgan fingerprint density at radius 2 is 1.68 bits per heavy atom. The van der Waals surface area contributed by atoms with E-state index >= 15 is 0 Å². The highest BCUT2D eigenvalue weighted by Gasteiger charge is 2.56. The molecule has 0 aliphatic carbocycles. The molecule has 4 nitrogen and oxygen atoms in total. The molecule has 0 radical (unpaired) electrons. The van der Waals surface area contributed by atoms with Crippen LogP contribution in [0.3, 0.4) is 0 Å². The van der Waals surface area contributed by atoms with Crippen LogP contribution in [0.4, 0.5) is 26.7 Å². The standard InChI is InChI=1S/C10H16F5NO3/c1-8(2,19)6(16-7(17)18)4-3-5-9(11,12)10(13,14)15/h6,16,19H,3-5H2,1-2H3,(H,17,18). The summed E-state index contributed by atoms with van der Waals surface area (Å²) in [7, 11) is 0. The molecule has 0 spiro atoms. The van der Waals surface area contributed by atoms with Crippen LogP contribution in [0.2, 0.25) is 0 Å². The second-order valence-corrected chi connectivity index (χ2v) is 4.75. The van der Waals surface area contributed by atoms with Crippen molar-refractivity contribution in [2.45, 2.75) is 56.9 Å². The molecule has 1 atom stereocenters. The minimum Gasteiger partial charge on any atom is -0.465 e. The third-order valence-corrected chi connectivity index (χ3v) is 2.55. The number of carboxylic acid groups (broad SMARTS) is 1. The van der Waals surface area contributed by atoms with Gasteiger partial charge in [0.25, 0.3) is 0 Å². The smallest absolute Gasteiger partial charge is 0.453 e. The van der Waals surface area contributed by atoms with Gasteiger partial charge in [0.1, 0.15) is 0 Å². The first kappa shape index (κ1) is 17.9. The van der Waals surface area contributed by atoms with E-state index in [2.05, 4.69) is 0 Å². The van der Waals surface area contributed by atoms with Gasteiger partial charge in [0.15, 0.2) is 0 Å². The Labute approximate surface area is 106 Å². The van der Waals surface area contributed by atoms with Gasteiger partial charge in [0, 0.05) is 6.42 Å². The Hall–Kier alpha value is -1.12. The molecule has 0 rings (SSSR count). The lowest BCUT2D eigenvalue weighted by Gasteiger charge is -2.29. The maximum atomic E-state index is 12.6. The van der Waals surface area contributed by atoms with Crippen LogP contribution in [-0.4, -0.2) is 40.0 Å². The molecule has 0 fully saturated rings. The number of aliphatic hydroxyl groups is 1. The van der Waals surface area contributed by atoms with E-state index in [4.69, 9.17) is 5.11 Å². The highest BCUT2D eigenvalue weighted by molar-refractivity contribution is 5.65. The fourth-order valence-corrected chi connectivity index (χ4v) is 1.42. The molecule has 3 N–H and O–H groups in total. The van der Waals surface area contributed by atoms with Crippen LogP contribution in [0, 0.1) is 0 Å². The number of halogens is 5. The Morgan fingerprint density at radius 3 is 2.00 bits per heavy atom. The van der Waals surface area contributed by atoms with Crippen molar-refractivity contribution in [3.8, 4) is 0 Å². The molecule has 0 saturated heterocycles. The second-order valence-electron chi connectivity index (χ2n) is 4.75. The summed E-state index contributed by atoms with van der Waals surface area (Å²) >= 11 is 0. The third kappa shape index (κ3) is 6.04. The van der Waals surface area contributed by atoms with Crippen LogP contribution >= 0.6 is 0 Å². The van der Waals surface area contributed by atoms with Gasteiger partial charge in [0.2, 0.25) is 0 Å². The molecule has 0 heterocycles.